The summed E-state index contributed by atoms with van der Waals surface area (Å²) in [7, 11) is -0.648. The van der Waals surface area contributed by atoms with Crippen LogP contribution in [0.4, 0.5) is 0 Å². The fraction of sp³-hybridized carbons (Fsp3) is 0.966. The third-order valence-electron chi connectivity index (χ3n) is 15.0. The molecule has 0 aromatic carbocycles. The molecule has 9 heteroatoms. The second-order valence-electron chi connectivity index (χ2n) is 21.5. The molecule has 1 heterocycles. The first-order chi connectivity index (χ1) is 32.6. The Morgan fingerprint density at radius 3 is 1.28 bits per heavy atom. The number of unbranched alkanes of at least 4 members (excludes halogenated alkanes) is 23. The van der Waals surface area contributed by atoms with Crippen molar-refractivity contribution < 1.29 is 23.3 Å². The van der Waals surface area contributed by atoms with Crippen molar-refractivity contribution in [1.29, 1.82) is 4.78 Å². The molecule has 0 aromatic heterocycles. The third kappa shape index (κ3) is 36.4. The third-order valence-corrected chi connectivity index (χ3v) is 17.0. The minimum absolute atomic E-state index is 0.00209. The van der Waals surface area contributed by atoms with Crippen molar-refractivity contribution in [3.8, 4) is 0 Å². The molecule has 0 bridgehead atoms. The molecule has 0 radical (unpaired) electrons. The maximum atomic E-state index is 14.6. The highest BCUT2D eigenvalue weighted by atomic mass is 32.2. The summed E-state index contributed by atoms with van der Waals surface area (Å²) in [6.45, 7) is 15.3. The Hall–Kier alpha value is -1.19. The fourth-order valence-electron chi connectivity index (χ4n) is 10.4. The molecule has 3 atom stereocenters. The Morgan fingerprint density at radius 2 is 0.851 bits per heavy atom. The molecule has 67 heavy (non-hydrogen) atoms. The zero-order valence-corrected chi connectivity index (χ0v) is 46.5. The molecule has 0 aromatic rings. The average molecular weight is 967 g/mol. The van der Waals surface area contributed by atoms with Crippen molar-refractivity contribution >= 4 is 21.9 Å². The molecule has 0 amide bonds. The van der Waals surface area contributed by atoms with Crippen molar-refractivity contribution in [1.82, 2.24) is 9.21 Å². The van der Waals surface area contributed by atoms with Gasteiger partial charge in [0.25, 0.3) is 0 Å². The molecule has 3 unspecified atom stereocenters. The lowest BCUT2D eigenvalue weighted by atomic mass is 9.92. The summed E-state index contributed by atoms with van der Waals surface area (Å²) in [6.07, 6.45) is 45.1. The van der Waals surface area contributed by atoms with Gasteiger partial charge in [0.15, 0.2) is 0 Å². The molecule has 1 N–H and O–H groups in total. The van der Waals surface area contributed by atoms with E-state index in [-0.39, 0.29) is 18.0 Å². The Morgan fingerprint density at radius 1 is 0.507 bits per heavy atom. The van der Waals surface area contributed by atoms with Gasteiger partial charge in [0.05, 0.1) is 13.2 Å². The van der Waals surface area contributed by atoms with Gasteiger partial charge >= 0.3 is 11.9 Å². The summed E-state index contributed by atoms with van der Waals surface area (Å²) < 4.78 is 37.8. The molecule has 1 aliphatic rings. The van der Waals surface area contributed by atoms with Crippen molar-refractivity contribution in [2.45, 2.75) is 297 Å². The molecule has 0 spiro atoms. The number of nitrogens with one attached hydrogen (secondary N) is 1. The zero-order chi connectivity index (χ0) is 49.1. The van der Waals surface area contributed by atoms with Crippen LogP contribution >= 0.6 is 0 Å². The molecular weight excluding hydrogens is 851 g/mol. The van der Waals surface area contributed by atoms with Crippen molar-refractivity contribution in [3.05, 3.63) is 0 Å². The van der Waals surface area contributed by atoms with Crippen LogP contribution in [-0.4, -0.2) is 77.0 Å². The molecule has 1 rings (SSSR count). The summed E-state index contributed by atoms with van der Waals surface area (Å²) >= 11 is 0. The molecule has 0 saturated carbocycles. The van der Waals surface area contributed by atoms with E-state index in [0.717, 1.165) is 148 Å². The lowest BCUT2D eigenvalue weighted by Gasteiger charge is -2.38. The number of ether oxygens (including phenoxy) is 2. The Balaban J connectivity index is 2.71. The number of esters is 2. The number of carbonyl (C=O) groups is 2. The van der Waals surface area contributed by atoms with E-state index in [1.807, 2.05) is 0 Å². The Labute approximate surface area is 418 Å². The lowest BCUT2D eigenvalue weighted by molar-refractivity contribution is -0.146. The van der Waals surface area contributed by atoms with E-state index in [0.29, 0.717) is 49.6 Å². The molecule has 1 aliphatic heterocycles. The van der Waals surface area contributed by atoms with Gasteiger partial charge in [-0.1, -0.05) is 208 Å². The van der Waals surface area contributed by atoms with Gasteiger partial charge in [-0.15, -0.1) is 0 Å². The van der Waals surface area contributed by atoms with Crippen molar-refractivity contribution in [2.24, 2.45) is 17.8 Å². The highest BCUT2D eigenvalue weighted by molar-refractivity contribution is 7.90. The number of carbonyl (C=O) groups excluding carboxylic acids is 2. The van der Waals surface area contributed by atoms with Gasteiger partial charge in [-0.05, 0) is 109 Å². The highest BCUT2D eigenvalue weighted by Gasteiger charge is 2.30. The minimum atomic E-state index is -2.86. The molecule has 8 nitrogen and oxygen atoms in total. The molecular formula is C58H115N3O5S. The van der Waals surface area contributed by atoms with E-state index in [1.54, 1.807) is 0 Å². The number of hydrogen-bond acceptors (Lipinski definition) is 7. The van der Waals surface area contributed by atoms with Gasteiger partial charge in [-0.3, -0.25) is 9.59 Å². The van der Waals surface area contributed by atoms with E-state index in [1.165, 1.54) is 116 Å². The summed E-state index contributed by atoms with van der Waals surface area (Å²) in [6, 6.07) is 0.198. The minimum Gasteiger partial charge on any atom is -0.466 e. The monoisotopic (exact) mass is 966 g/mol. The van der Waals surface area contributed by atoms with Crippen LogP contribution in [0.3, 0.4) is 0 Å². The predicted octanol–water partition coefficient (Wildman–Crippen LogP) is 17.2. The maximum Gasteiger partial charge on any atom is 0.306 e. The number of piperidine rings is 1. The quantitative estimate of drug-likeness (QED) is 0.0482. The topological polar surface area (TPSA) is 100 Å². The molecule has 398 valence electrons. The van der Waals surface area contributed by atoms with E-state index >= 15 is 0 Å². The first-order valence-electron chi connectivity index (χ1n) is 29.6. The van der Waals surface area contributed by atoms with Crippen LogP contribution in [0.2, 0.25) is 0 Å². The Kier molecular flexibility index (Phi) is 42.6. The normalized spacial score (nSPS) is 16.0. The van der Waals surface area contributed by atoms with E-state index < -0.39 is 9.92 Å². The van der Waals surface area contributed by atoms with Crippen LogP contribution in [-0.2, 0) is 29.0 Å². The largest absolute Gasteiger partial charge is 0.466 e. The summed E-state index contributed by atoms with van der Waals surface area (Å²) in [5.41, 5.74) is 0. The standard InChI is InChI=1S/C58H115N3O5S/c1-7-12-17-20-29-36-49-67(59,64)61(52-55-43-45-60(6)46-44-55)56(41-32-25-21-23-27-34-47-65-57(62)50-53(37-15-10-4)39-30-18-13-8-2)42-33-26-22-24-28-35-48-66-58(63)51-54(38-16-11-5)40-31-19-14-9-3/h53-56,59H,7-52H2,1-6H3. The average Bonchev–Trinajstić information content (AvgIpc) is 3.31. The summed E-state index contributed by atoms with van der Waals surface area (Å²) in [5.74, 6) is 1.98. The van der Waals surface area contributed by atoms with E-state index in [4.69, 9.17) is 9.47 Å². The van der Waals surface area contributed by atoms with Gasteiger partial charge in [0.1, 0.15) is 9.92 Å². The lowest BCUT2D eigenvalue weighted by Crippen LogP contribution is -2.45. The fourth-order valence-corrected chi connectivity index (χ4v) is 12.4. The Bertz CT molecular complexity index is 1170. The van der Waals surface area contributed by atoms with Gasteiger partial charge in [-0.2, -0.15) is 0 Å². The van der Waals surface area contributed by atoms with E-state index in [2.05, 4.69) is 50.9 Å². The van der Waals surface area contributed by atoms with Crippen LogP contribution in [0.5, 0.6) is 0 Å². The number of rotatable bonds is 49. The van der Waals surface area contributed by atoms with Crippen molar-refractivity contribution in [2.75, 3.05) is 45.6 Å². The maximum absolute atomic E-state index is 14.6. The number of hydrogen-bond donors (Lipinski definition) is 1. The second-order valence-corrected chi connectivity index (χ2v) is 23.7. The first kappa shape index (κ1) is 63.8. The van der Waals surface area contributed by atoms with Gasteiger partial charge in [0.2, 0.25) is 0 Å². The zero-order valence-electron chi connectivity index (χ0n) is 45.7. The first-order valence-corrected chi connectivity index (χ1v) is 31.3. The van der Waals surface area contributed by atoms with Crippen LogP contribution in [0.1, 0.15) is 291 Å². The highest BCUT2D eigenvalue weighted by Crippen LogP contribution is 2.28. The van der Waals surface area contributed by atoms with Crippen LogP contribution < -0.4 is 0 Å². The summed E-state index contributed by atoms with van der Waals surface area (Å²) in [5, 5.41) is 0. The smallest absolute Gasteiger partial charge is 0.306 e. The van der Waals surface area contributed by atoms with Gasteiger partial charge in [-0.25, -0.2) is 13.3 Å². The van der Waals surface area contributed by atoms with Crippen LogP contribution in [0.15, 0.2) is 0 Å². The molecule has 1 saturated heterocycles. The van der Waals surface area contributed by atoms with Crippen LogP contribution in [0.25, 0.3) is 0 Å². The van der Waals surface area contributed by atoms with Gasteiger partial charge < -0.3 is 14.4 Å². The van der Waals surface area contributed by atoms with Crippen molar-refractivity contribution in [3.63, 3.8) is 0 Å². The van der Waals surface area contributed by atoms with Gasteiger partial charge in [0, 0.05) is 31.2 Å². The van der Waals surface area contributed by atoms with E-state index in [9.17, 15) is 18.6 Å². The number of likely N-dealkylation sites (tertiary alicyclic amines) is 1. The molecule has 1 fully saturated rings. The number of nitrogens with zero attached hydrogens (tertiary/aromatic N) is 2. The SMILES string of the molecule is CCCCCCCCS(=N)(=O)N(CC1CCN(C)CC1)C(CCCCCCCCOC(=O)CC(CCCC)CCCCCC)CCCCCCCCOC(=O)CC(CCCC)CCCCCC. The predicted molar refractivity (Wildman–Crippen MR) is 289 cm³/mol. The van der Waals surface area contributed by atoms with Crippen LogP contribution in [0, 0.1) is 22.5 Å². The summed E-state index contributed by atoms with van der Waals surface area (Å²) in [4.78, 5) is 27.8. The second kappa shape index (κ2) is 44.7. The molecule has 0 aliphatic carbocycles.